The fraction of sp³-hybridized carbons (Fsp3) is 0.440. The second kappa shape index (κ2) is 8.72. The Morgan fingerprint density at radius 2 is 1.94 bits per heavy atom. The van der Waals surface area contributed by atoms with Crippen molar-refractivity contribution in [2.45, 2.75) is 19.8 Å². The molecule has 0 aliphatic carbocycles. The van der Waals surface area contributed by atoms with Gasteiger partial charge in [-0.25, -0.2) is 15.0 Å². The number of amides is 1. The minimum absolute atomic E-state index is 0.185. The van der Waals surface area contributed by atoms with Crippen molar-refractivity contribution in [3.8, 4) is 11.3 Å². The van der Waals surface area contributed by atoms with Crippen molar-refractivity contribution >= 4 is 33.8 Å². The number of likely N-dealkylation sites (N-methyl/N-ethyl adjacent to an activating group) is 1. The summed E-state index contributed by atoms with van der Waals surface area (Å²) in [5.74, 6) is 1.43. The summed E-state index contributed by atoms with van der Waals surface area (Å²) in [5, 5.41) is 1.03. The van der Waals surface area contributed by atoms with Crippen molar-refractivity contribution in [2.24, 2.45) is 7.05 Å². The second-order valence-corrected chi connectivity index (χ2v) is 9.65. The Labute approximate surface area is 199 Å². The number of anilines is 1. The number of nitrogens with zero attached hydrogens (tertiary/aromatic N) is 7. The lowest BCUT2D eigenvalue weighted by Gasteiger charge is -2.36. The summed E-state index contributed by atoms with van der Waals surface area (Å²) < 4.78 is 2.04. The average Bonchev–Trinajstić information content (AvgIpc) is 3.36. The van der Waals surface area contributed by atoms with Gasteiger partial charge in [-0.15, -0.1) is 0 Å². The molecule has 1 aliphatic rings. The molecule has 0 radical (unpaired) electrons. The number of aromatic nitrogens is 5. The van der Waals surface area contributed by atoms with Gasteiger partial charge in [-0.1, -0.05) is 13.8 Å². The molecule has 0 unspecified atom stereocenters. The molecule has 1 aliphatic heterocycles. The van der Waals surface area contributed by atoms with Crippen LogP contribution in [-0.4, -0.2) is 87.0 Å². The summed E-state index contributed by atoms with van der Waals surface area (Å²) in [6.45, 7) is 7.87. The molecule has 0 spiro atoms. The number of aryl methyl sites for hydroxylation is 1. The number of rotatable bonds is 5. The van der Waals surface area contributed by atoms with Crippen LogP contribution in [0.25, 0.3) is 33.3 Å². The summed E-state index contributed by atoms with van der Waals surface area (Å²) in [7, 11) is 5.86. The number of fused-ring (bicyclic) bond motifs is 2. The van der Waals surface area contributed by atoms with Gasteiger partial charge in [-0.2, -0.15) is 0 Å². The normalized spacial score (nSPS) is 14.8. The zero-order valence-electron chi connectivity index (χ0n) is 20.5. The minimum Gasteiger partial charge on any atom is -0.353 e. The minimum atomic E-state index is 0.185. The number of hydrogen-bond acceptors (Lipinski definition) is 6. The summed E-state index contributed by atoms with van der Waals surface area (Å²) in [4.78, 5) is 36.0. The molecular formula is C25H32N8O. The Morgan fingerprint density at radius 1 is 1.18 bits per heavy atom. The van der Waals surface area contributed by atoms with Gasteiger partial charge in [0.25, 0.3) is 0 Å². The topological polar surface area (TPSA) is 86.2 Å². The monoisotopic (exact) mass is 460 g/mol. The van der Waals surface area contributed by atoms with Gasteiger partial charge in [-0.05, 0) is 32.1 Å². The van der Waals surface area contributed by atoms with E-state index in [0.29, 0.717) is 6.54 Å². The number of carbonyl (C=O) groups is 1. The molecule has 34 heavy (non-hydrogen) atoms. The fourth-order valence-corrected chi connectivity index (χ4v) is 4.90. The molecule has 1 amide bonds. The van der Waals surface area contributed by atoms with Gasteiger partial charge in [0.05, 0.1) is 23.3 Å². The molecule has 1 N–H and O–H groups in total. The van der Waals surface area contributed by atoms with Gasteiger partial charge in [0.1, 0.15) is 17.8 Å². The first-order valence-electron chi connectivity index (χ1n) is 11.8. The Bertz CT molecular complexity index is 1340. The van der Waals surface area contributed by atoms with Crippen LogP contribution < -0.4 is 4.90 Å². The van der Waals surface area contributed by atoms with E-state index in [9.17, 15) is 4.79 Å². The summed E-state index contributed by atoms with van der Waals surface area (Å²) in [6, 6.07) is 4.20. The first-order valence-corrected chi connectivity index (χ1v) is 11.8. The molecule has 4 aromatic rings. The van der Waals surface area contributed by atoms with E-state index < -0.39 is 0 Å². The van der Waals surface area contributed by atoms with Crippen LogP contribution in [0.15, 0.2) is 30.9 Å². The molecule has 5 rings (SSSR count). The van der Waals surface area contributed by atoms with Crippen LogP contribution in [0.3, 0.4) is 0 Å². The van der Waals surface area contributed by atoms with Gasteiger partial charge < -0.3 is 24.3 Å². The molecule has 0 atom stereocenters. The van der Waals surface area contributed by atoms with E-state index in [1.54, 1.807) is 6.33 Å². The number of pyridine rings is 1. The predicted octanol–water partition coefficient (Wildman–Crippen LogP) is 2.85. The van der Waals surface area contributed by atoms with E-state index in [4.69, 9.17) is 4.98 Å². The molecular weight excluding hydrogens is 428 g/mol. The van der Waals surface area contributed by atoms with E-state index in [1.807, 2.05) is 41.7 Å². The smallest absolute Gasteiger partial charge is 0.236 e. The lowest BCUT2D eigenvalue weighted by atomic mass is 9.98. The molecule has 9 heteroatoms. The fourth-order valence-electron chi connectivity index (χ4n) is 4.90. The second-order valence-electron chi connectivity index (χ2n) is 9.65. The number of aromatic amines is 1. The van der Waals surface area contributed by atoms with E-state index in [0.717, 1.165) is 65.3 Å². The highest BCUT2D eigenvalue weighted by atomic mass is 16.2. The number of H-pyrrole nitrogens is 1. The number of nitrogens with one attached hydrogen (secondary N) is 1. The van der Waals surface area contributed by atoms with Crippen molar-refractivity contribution in [1.29, 1.82) is 0 Å². The standard InChI is InChI=1S/C25H32N8O/c1-16(2)22-23(18-13-31(5)25-17(18)12-26-15-27-25)28-19-6-7-20(29-24(19)22)32-8-10-33(11-9-32)21(34)14-30(3)4/h6-7,12-13,15-16,28H,8-11,14H2,1-5H3. The molecule has 0 bridgehead atoms. The first kappa shape index (κ1) is 22.3. The highest BCUT2D eigenvalue weighted by molar-refractivity contribution is 5.98. The van der Waals surface area contributed by atoms with Crippen LogP contribution in [0.4, 0.5) is 5.82 Å². The first-order chi connectivity index (χ1) is 16.3. The SMILES string of the molecule is CC(C)c1c(-c2cn(C)c3ncncc23)[nH]c2ccc(N3CCN(C(=O)CN(C)C)CC3)nc12. The van der Waals surface area contributed by atoms with Crippen LogP contribution in [-0.2, 0) is 11.8 Å². The van der Waals surface area contributed by atoms with E-state index in [2.05, 4.69) is 52.0 Å². The number of hydrogen-bond donors (Lipinski definition) is 1. The zero-order valence-corrected chi connectivity index (χ0v) is 20.5. The van der Waals surface area contributed by atoms with Gasteiger partial charge in [0, 0.05) is 62.1 Å². The van der Waals surface area contributed by atoms with Gasteiger partial charge in [0.15, 0.2) is 0 Å². The third-order valence-corrected chi connectivity index (χ3v) is 6.56. The number of carbonyl (C=O) groups excluding carboxylic acids is 1. The Balaban J connectivity index is 1.48. The van der Waals surface area contributed by atoms with E-state index in [-0.39, 0.29) is 11.8 Å². The van der Waals surface area contributed by atoms with Crippen LogP contribution in [0.2, 0.25) is 0 Å². The molecule has 178 valence electrons. The van der Waals surface area contributed by atoms with Gasteiger partial charge in [-0.3, -0.25) is 4.79 Å². The Kier molecular flexibility index (Phi) is 5.73. The molecule has 0 saturated carbocycles. The Morgan fingerprint density at radius 3 is 2.65 bits per heavy atom. The summed E-state index contributed by atoms with van der Waals surface area (Å²) in [5.41, 5.74) is 6.31. The van der Waals surface area contributed by atoms with Crippen LogP contribution >= 0.6 is 0 Å². The maximum atomic E-state index is 12.4. The summed E-state index contributed by atoms with van der Waals surface area (Å²) >= 11 is 0. The van der Waals surface area contributed by atoms with Crippen molar-refractivity contribution in [3.05, 3.63) is 36.4 Å². The molecule has 9 nitrogen and oxygen atoms in total. The lowest BCUT2D eigenvalue weighted by molar-refractivity contribution is -0.132. The van der Waals surface area contributed by atoms with E-state index in [1.165, 1.54) is 5.56 Å². The van der Waals surface area contributed by atoms with Gasteiger partial charge >= 0.3 is 0 Å². The third-order valence-electron chi connectivity index (χ3n) is 6.56. The molecule has 0 aromatic carbocycles. The number of piperazine rings is 1. The molecule has 5 heterocycles. The predicted molar refractivity (Wildman–Crippen MR) is 135 cm³/mol. The van der Waals surface area contributed by atoms with Crippen molar-refractivity contribution in [2.75, 3.05) is 51.7 Å². The molecule has 1 fully saturated rings. The molecule has 1 saturated heterocycles. The van der Waals surface area contributed by atoms with Crippen molar-refractivity contribution in [1.82, 2.24) is 34.3 Å². The third kappa shape index (κ3) is 3.90. The van der Waals surface area contributed by atoms with Crippen molar-refractivity contribution in [3.63, 3.8) is 0 Å². The Hall–Kier alpha value is -3.46. The largest absolute Gasteiger partial charge is 0.353 e. The van der Waals surface area contributed by atoms with Crippen LogP contribution in [0.1, 0.15) is 25.3 Å². The highest BCUT2D eigenvalue weighted by Crippen LogP contribution is 2.38. The maximum absolute atomic E-state index is 12.4. The lowest BCUT2D eigenvalue weighted by Crippen LogP contribution is -2.50. The zero-order chi connectivity index (χ0) is 24.0. The van der Waals surface area contributed by atoms with Crippen molar-refractivity contribution < 1.29 is 4.79 Å². The maximum Gasteiger partial charge on any atom is 0.236 e. The van der Waals surface area contributed by atoms with Gasteiger partial charge in [0.2, 0.25) is 5.91 Å². The summed E-state index contributed by atoms with van der Waals surface area (Å²) in [6.07, 6.45) is 5.58. The van der Waals surface area contributed by atoms with Crippen LogP contribution in [0, 0.1) is 0 Å². The molecule has 4 aromatic heterocycles. The van der Waals surface area contributed by atoms with Crippen LogP contribution in [0.5, 0.6) is 0 Å². The highest BCUT2D eigenvalue weighted by Gasteiger charge is 2.24. The quantitative estimate of drug-likeness (QED) is 0.493. The average molecular weight is 461 g/mol. The van der Waals surface area contributed by atoms with E-state index >= 15 is 0 Å².